The number of β-amino-alcohol motifs (C(OH)–C–C–N with tert-alkyl or cyclic N) is 1. The largest absolute Gasteiger partial charge is 0.389 e. The van der Waals surface area contributed by atoms with E-state index in [2.05, 4.69) is 11.6 Å². The highest BCUT2D eigenvalue weighted by atomic mass is 35.5. The second kappa shape index (κ2) is 6.42. The van der Waals surface area contributed by atoms with Gasteiger partial charge in [-0.05, 0) is 24.1 Å². The van der Waals surface area contributed by atoms with Crippen molar-refractivity contribution in [3.63, 3.8) is 0 Å². The summed E-state index contributed by atoms with van der Waals surface area (Å²) in [5.41, 5.74) is 7.36. The molecule has 0 unspecified atom stereocenters. The van der Waals surface area contributed by atoms with Crippen LogP contribution in [0, 0.1) is 17.5 Å². The first-order valence-electron chi connectivity index (χ1n) is 8.42. The zero-order valence-corrected chi connectivity index (χ0v) is 15.6. The highest BCUT2D eigenvalue weighted by Gasteiger charge is 2.34. The van der Waals surface area contributed by atoms with E-state index in [1.54, 1.807) is 11.8 Å². The smallest absolute Gasteiger partial charge is 0.175 e. The first kappa shape index (κ1) is 18.6. The second-order valence-corrected chi connectivity index (χ2v) is 7.18. The van der Waals surface area contributed by atoms with E-state index < -0.39 is 29.4 Å². The molecule has 3 heterocycles. The van der Waals surface area contributed by atoms with Gasteiger partial charge < -0.3 is 15.7 Å². The summed E-state index contributed by atoms with van der Waals surface area (Å²) >= 11 is 6.54. The van der Waals surface area contributed by atoms with Crippen molar-refractivity contribution in [2.75, 3.05) is 28.6 Å². The van der Waals surface area contributed by atoms with E-state index in [0.29, 0.717) is 22.8 Å². The number of aliphatic hydroxyl groups excluding tert-OH is 1. The lowest BCUT2D eigenvalue weighted by Gasteiger charge is -2.40. The van der Waals surface area contributed by atoms with Crippen LogP contribution in [-0.4, -0.2) is 29.3 Å². The van der Waals surface area contributed by atoms with E-state index in [1.807, 2.05) is 0 Å². The van der Waals surface area contributed by atoms with Crippen molar-refractivity contribution < 1.29 is 18.3 Å². The quantitative estimate of drug-likeness (QED) is 0.786. The molecule has 0 spiro atoms. The number of halogens is 4. The third kappa shape index (κ3) is 2.71. The number of benzene rings is 1. The molecule has 28 heavy (non-hydrogen) atoms. The normalized spacial score (nSPS) is 16.8. The van der Waals surface area contributed by atoms with Crippen LogP contribution in [0.1, 0.15) is 12.5 Å². The molecule has 0 saturated carbocycles. The van der Waals surface area contributed by atoms with E-state index in [1.165, 1.54) is 17.2 Å². The molecule has 1 aromatic heterocycles. The Bertz CT molecular complexity index is 1050. The molecule has 2 aromatic rings. The lowest BCUT2D eigenvalue weighted by Crippen LogP contribution is -2.51. The molecule has 0 bridgehead atoms. The summed E-state index contributed by atoms with van der Waals surface area (Å²) in [7, 11) is 0. The number of allylic oxidation sites excluding steroid dienone is 2. The lowest BCUT2D eigenvalue weighted by atomic mass is 9.94. The number of pyridine rings is 1. The average Bonchev–Trinajstić information content (AvgIpc) is 2.60. The number of fused-ring (bicyclic) bond motifs is 1. The number of hydrogen-bond donors (Lipinski definition) is 2. The Morgan fingerprint density at radius 3 is 2.50 bits per heavy atom. The number of aromatic nitrogens is 1. The molecule has 5 nitrogen and oxygen atoms in total. The van der Waals surface area contributed by atoms with E-state index >= 15 is 0 Å². The minimum Gasteiger partial charge on any atom is -0.389 e. The molecule has 9 heteroatoms. The van der Waals surface area contributed by atoms with Gasteiger partial charge >= 0.3 is 0 Å². The van der Waals surface area contributed by atoms with Crippen LogP contribution in [0.25, 0.3) is 5.57 Å². The maximum atomic E-state index is 14.8. The fourth-order valence-electron chi connectivity index (χ4n) is 3.35. The fourth-order valence-corrected chi connectivity index (χ4v) is 3.75. The van der Waals surface area contributed by atoms with Crippen LogP contribution < -0.4 is 15.5 Å². The number of nitrogen functional groups attached to an aromatic ring is 1. The van der Waals surface area contributed by atoms with Crippen molar-refractivity contribution in [1.29, 1.82) is 0 Å². The van der Waals surface area contributed by atoms with Crippen LogP contribution in [-0.2, 0) is 0 Å². The van der Waals surface area contributed by atoms with Gasteiger partial charge in [0.15, 0.2) is 23.3 Å². The Balaban J connectivity index is 1.95. The Morgan fingerprint density at radius 1 is 1.18 bits per heavy atom. The Kier molecular flexibility index (Phi) is 4.28. The summed E-state index contributed by atoms with van der Waals surface area (Å²) in [6.45, 7) is 6.11. The van der Waals surface area contributed by atoms with Gasteiger partial charge in [0.05, 0.1) is 22.5 Å². The second-order valence-electron chi connectivity index (χ2n) is 6.80. The summed E-state index contributed by atoms with van der Waals surface area (Å²) in [4.78, 5) is 6.70. The Hall–Kier alpha value is -2.71. The van der Waals surface area contributed by atoms with E-state index in [9.17, 15) is 18.3 Å². The Labute approximate surface area is 164 Å². The van der Waals surface area contributed by atoms with E-state index in [-0.39, 0.29) is 35.3 Å². The van der Waals surface area contributed by atoms with Crippen molar-refractivity contribution in [3.8, 4) is 0 Å². The molecule has 1 saturated heterocycles. The highest BCUT2D eigenvalue weighted by molar-refractivity contribution is 6.37. The molecule has 4 rings (SSSR count). The van der Waals surface area contributed by atoms with Crippen LogP contribution in [0.3, 0.4) is 0 Å². The molecule has 2 aliphatic rings. The molecule has 0 amide bonds. The number of anilines is 4. The first-order chi connectivity index (χ1) is 13.2. The summed E-state index contributed by atoms with van der Waals surface area (Å²) in [5.74, 6) is -3.26. The molecule has 0 radical (unpaired) electrons. The van der Waals surface area contributed by atoms with Crippen molar-refractivity contribution in [3.05, 3.63) is 58.5 Å². The van der Waals surface area contributed by atoms with Crippen molar-refractivity contribution >= 4 is 40.2 Å². The maximum absolute atomic E-state index is 14.8. The van der Waals surface area contributed by atoms with Crippen molar-refractivity contribution in [1.82, 2.24) is 4.98 Å². The molecule has 1 aromatic carbocycles. The number of rotatable bonds is 2. The van der Waals surface area contributed by atoms with Crippen LogP contribution in [0.2, 0.25) is 5.02 Å². The predicted octanol–water partition coefficient (Wildman–Crippen LogP) is 3.98. The molecule has 0 aliphatic carbocycles. The SMILES string of the molecule is C=C1C(C)=CN(c2nc(N)c(F)cc2F)c2c1cc(F)c(N1CC(O)C1)c2Cl. The number of nitrogens with zero attached hydrogens (tertiary/aromatic N) is 3. The van der Waals surface area contributed by atoms with Gasteiger partial charge in [0.25, 0.3) is 0 Å². The average molecular weight is 409 g/mol. The minimum atomic E-state index is -0.982. The monoisotopic (exact) mass is 408 g/mol. The van der Waals surface area contributed by atoms with Crippen molar-refractivity contribution in [2.45, 2.75) is 13.0 Å². The number of aliphatic hydroxyl groups is 1. The van der Waals surface area contributed by atoms with Crippen molar-refractivity contribution in [2.24, 2.45) is 0 Å². The minimum absolute atomic E-state index is 0.0101. The summed E-state index contributed by atoms with van der Waals surface area (Å²) < 4.78 is 42.9. The van der Waals surface area contributed by atoms with Gasteiger partial charge in [-0.1, -0.05) is 18.2 Å². The van der Waals surface area contributed by atoms with Gasteiger partial charge in [0.1, 0.15) is 5.82 Å². The van der Waals surface area contributed by atoms with Gasteiger partial charge in [0, 0.05) is 30.9 Å². The van der Waals surface area contributed by atoms with Crippen LogP contribution in [0.4, 0.5) is 36.2 Å². The lowest BCUT2D eigenvalue weighted by molar-refractivity contribution is 0.141. The van der Waals surface area contributed by atoms with E-state index in [4.69, 9.17) is 17.3 Å². The predicted molar refractivity (Wildman–Crippen MR) is 103 cm³/mol. The zero-order valence-electron chi connectivity index (χ0n) is 14.8. The van der Waals surface area contributed by atoms with Gasteiger partial charge in [-0.2, -0.15) is 0 Å². The molecular weight excluding hydrogens is 393 g/mol. The fraction of sp³-hybridized carbons (Fsp3) is 0.211. The molecule has 2 aliphatic heterocycles. The number of hydrogen-bond acceptors (Lipinski definition) is 5. The third-order valence-electron chi connectivity index (χ3n) is 4.88. The summed E-state index contributed by atoms with van der Waals surface area (Å²) in [5, 5.41) is 9.56. The molecule has 1 fully saturated rings. The van der Waals surface area contributed by atoms with Crippen LogP contribution >= 0.6 is 11.6 Å². The summed E-state index contributed by atoms with van der Waals surface area (Å²) in [6, 6.07) is 1.89. The van der Waals surface area contributed by atoms with Crippen LogP contribution in [0.5, 0.6) is 0 Å². The highest BCUT2D eigenvalue weighted by Crippen LogP contribution is 2.49. The van der Waals surface area contributed by atoms with E-state index in [0.717, 1.165) is 0 Å². The topological polar surface area (TPSA) is 65.6 Å². The van der Waals surface area contributed by atoms with Gasteiger partial charge in [-0.25, -0.2) is 18.2 Å². The molecular formula is C19H16ClF3N4O. The molecule has 3 N–H and O–H groups in total. The molecule has 0 atom stereocenters. The Morgan fingerprint density at radius 2 is 1.86 bits per heavy atom. The number of nitrogens with two attached hydrogens (primary N) is 1. The van der Waals surface area contributed by atoms with Gasteiger partial charge in [-0.3, -0.25) is 4.90 Å². The summed E-state index contributed by atoms with van der Waals surface area (Å²) in [6.07, 6.45) is 0.960. The standard InChI is InChI=1S/C19H16ClF3N4O/c1-8-5-27(19-14(23)4-13(22)18(24)25-19)16-11(9(8)2)3-12(21)17(15(16)20)26-6-10(28)7-26/h3-5,10,28H,2,6-7H2,1H3,(H2,24,25). The first-order valence-corrected chi connectivity index (χ1v) is 8.80. The van der Waals surface area contributed by atoms with Gasteiger partial charge in [-0.15, -0.1) is 0 Å². The maximum Gasteiger partial charge on any atom is 0.175 e. The zero-order chi connectivity index (χ0) is 20.3. The molecule has 146 valence electrons. The van der Waals surface area contributed by atoms with Crippen LogP contribution in [0.15, 0.2) is 30.5 Å². The third-order valence-corrected chi connectivity index (χ3v) is 5.24. The van der Waals surface area contributed by atoms with Gasteiger partial charge in [0.2, 0.25) is 0 Å².